The van der Waals surface area contributed by atoms with Crippen LogP contribution < -0.4 is 14.8 Å². The molecule has 0 saturated carbocycles. The Hall–Kier alpha value is -2.01. The molecule has 130 valence electrons. The van der Waals surface area contributed by atoms with Crippen molar-refractivity contribution in [3.63, 3.8) is 0 Å². The number of para-hydroxylation sites is 1. The van der Waals surface area contributed by atoms with E-state index in [0.717, 1.165) is 49.0 Å². The zero-order valence-corrected chi connectivity index (χ0v) is 15.0. The number of methoxy groups -OCH3 is 1. The van der Waals surface area contributed by atoms with E-state index < -0.39 is 0 Å². The standard InChI is InChI=1S/C19H27N3O2/c1-13(2)18-16(19(23-4)22(3)21-18)11-20-10-14-9-15-7-5-6-8-17(15)24-12-14/h5-8,13-14,20H,9-12H2,1-4H3/t14-/m1/s1. The minimum atomic E-state index is 0.377. The Morgan fingerprint density at radius 1 is 1.38 bits per heavy atom. The first-order valence-electron chi connectivity index (χ1n) is 8.61. The molecule has 2 heterocycles. The summed E-state index contributed by atoms with van der Waals surface area (Å²) in [7, 11) is 3.64. The summed E-state index contributed by atoms with van der Waals surface area (Å²) in [4.78, 5) is 0. The van der Waals surface area contributed by atoms with E-state index in [1.807, 2.05) is 23.9 Å². The van der Waals surface area contributed by atoms with Crippen molar-refractivity contribution in [2.75, 3.05) is 20.3 Å². The molecule has 1 N–H and O–H groups in total. The number of nitrogens with one attached hydrogen (secondary N) is 1. The second-order valence-corrected chi connectivity index (χ2v) is 6.77. The summed E-state index contributed by atoms with van der Waals surface area (Å²) in [6.07, 6.45) is 1.06. The molecule has 0 radical (unpaired) electrons. The van der Waals surface area contributed by atoms with Crippen LogP contribution in [0.25, 0.3) is 0 Å². The summed E-state index contributed by atoms with van der Waals surface area (Å²) >= 11 is 0. The second kappa shape index (κ2) is 7.26. The SMILES string of the molecule is COc1c(CNC[C@@H]2COc3ccccc3C2)c(C(C)C)nn1C. The van der Waals surface area contributed by atoms with Crippen molar-refractivity contribution >= 4 is 0 Å². The van der Waals surface area contributed by atoms with Gasteiger partial charge in [-0.15, -0.1) is 0 Å². The van der Waals surface area contributed by atoms with Crippen molar-refractivity contribution in [3.05, 3.63) is 41.1 Å². The van der Waals surface area contributed by atoms with Crippen LogP contribution >= 0.6 is 0 Å². The Morgan fingerprint density at radius 2 is 2.17 bits per heavy atom. The second-order valence-electron chi connectivity index (χ2n) is 6.77. The maximum atomic E-state index is 5.87. The molecule has 1 aliphatic rings. The van der Waals surface area contributed by atoms with Crippen molar-refractivity contribution in [2.24, 2.45) is 13.0 Å². The molecule has 0 aliphatic carbocycles. The maximum Gasteiger partial charge on any atom is 0.216 e. The van der Waals surface area contributed by atoms with Crippen molar-refractivity contribution < 1.29 is 9.47 Å². The highest BCUT2D eigenvalue weighted by atomic mass is 16.5. The molecule has 1 atom stereocenters. The van der Waals surface area contributed by atoms with Crippen LogP contribution in [0.5, 0.6) is 11.6 Å². The first-order valence-corrected chi connectivity index (χ1v) is 8.61. The van der Waals surface area contributed by atoms with E-state index in [9.17, 15) is 0 Å². The highest BCUT2D eigenvalue weighted by molar-refractivity contribution is 5.35. The van der Waals surface area contributed by atoms with E-state index in [-0.39, 0.29) is 0 Å². The number of aryl methyl sites for hydroxylation is 1. The topological polar surface area (TPSA) is 48.3 Å². The molecule has 0 amide bonds. The van der Waals surface area contributed by atoms with Gasteiger partial charge in [-0.25, -0.2) is 4.68 Å². The lowest BCUT2D eigenvalue weighted by molar-refractivity contribution is 0.218. The number of nitrogens with zero attached hydrogens (tertiary/aromatic N) is 2. The third-order valence-corrected chi connectivity index (χ3v) is 4.55. The third-order valence-electron chi connectivity index (χ3n) is 4.55. The molecule has 2 aromatic rings. The molecule has 0 bridgehead atoms. The fourth-order valence-electron chi connectivity index (χ4n) is 3.38. The van der Waals surface area contributed by atoms with Crippen LogP contribution in [-0.2, 0) is 20.0 Å². The molecule has 0 fully saturated rings. The largest absolute Gasteiger partial charge is 0.493 e. The fraction of sp³-hybridized carbons (Fsp3) is 0.526. The number of hydrogen-bond donors (Lipinski definition) is 1. The first kappa shape index (κ1) is 16.8. The Bertz CT molecular complexity index is 694. The minimum absolute atomic E-state index is 0.377. The molecule has 0 spiro atoms. The number of fused-ring (bicyclic) bond motifs is 1. The average Bonchev–Trinajstić information content (AvgIpc) is 2.90. The minimum Gasteiger partial charge on any atom is -0.493 e. The van der Waals surface area contributed by atoms with Gasteiger partial charge in [-0.05, 0) is 24.0 Å². The van der Waals surface area contributed by atoms with Gasteiger partial charge >= 0.3 is 0 Å². The quantitative estimate of drug-likeness (QED) is 0.885. The van der Waals surface area contributed by atoms with Crippen molar-refractivity contribution in [1.82, 2.24) is 15.1 Å². The van der Waals surface area contributed by atoms with Gasteiger partial charge in [0.1, 0.15) is 5.75 Å². The van der Waals surface area contributed by atoms with Crippen LogP contribution in [0.15, 0.2) is 24.3 Å². The number of hydrogen-bond acceptors (Lipinski definition) is 4. The molecular formula is C19H27N3O2. The normalized spacial score (nSPS) is 16.8. The summed E-state index contributed by atoms with van der Waals surface area (Å²) in [5.41, 5.74) is 3.57. The van der Waals surface area contributed by atoms with Gasteiger partial charge in [0, 0.05) is 26.1 Å². The third kappa shape index (κ3) is 3.41. The Balaban J connectivity index is 1.61. The molecule has 1 aromatic carbocycles. The highest BCUT2D eigenvalue weighted by Crippen LogP contribution is 2.28. The van der Waals surface area contributed by atoms with Gasteiger partial charge in [0.15, 0.2) is 0 Å². The van der Waals surface area contributed by atoms with Gasteiger partial charge in [0.25, 0.3) is 0 Å². The van der Waals surface area contributed by atoms with Gasteiger partial charge in [-0.3, -0.25) is 0 Å². The summed E-state index contributed by atoms with van der Waals surface area (Å²) in [6.45, 7) is 6.78. The number of rotatable bonds is 6. The zero-order valence-electron chi connectivity index (χ0n) is 15.0. The van der Waals surface area contributed by atoms with Crippen LogP contribution in [0.1, 0.15) is 36.6 Å². The summed E-state index contributed by atoms with van der Waals surface area (Å²) in [5.74, 6) is 2.74. The monoisotopic (exact) mass is 329 g/mol. The summed E-state index contributed by atoms with van der Waals surface area (Å²) in [5, 5.41) is 8.18. The van der Waals surface area contributed by atoms with E-state index in [0.29, 0.717) is 11.8 Å². The van der Waals surface area contributed by atoms with E-state index in [2.05, 4.69) is 36.4 Å². The van der Waals surface area contributed by atoms with Crippen molar-refractivity contribution in [2.45, 2.75) is 32.7 Å². The smallest absolute Gasteiger partial charge is 0.216 e. The Kier molecular flexibility index (Phi) is 5.09. The van der Waals surface area contributed by atoms with Crippen LogP contribution in [0, 0.1) is 5.92 Å². The van der Waals surface area contributed by atoms with Gasteiger partial charge < -0.3 is 14.8 Å². The van der Waals surface area contributed by atoms with E-state index in [1.165, 1.54) is 5.56 Å². The van der Waals surface area contributed by atoms with E-state index >= 15 is 0 Å². The van der Waals surface area contributed by atoms with Gasteiger partial charge in [0.05, 0.1) is 25.0 Å². The maximum absolute atomic E-state index is 5.87. The molecule has 3 rings (SSSR count). The van der Waals surface area contributed by atoms with Crippen molar-refractivity contribution in [1.29, 1.82) is 0 Å². The van der Waals surface area contributed by atoms with Gasteiger partial charge in [-0.2, -0.15) is 5.10 Å². The lowest BCUT2D eigenvalue weighted by atomic mass is 9.96. The average molecular weight is 329 g/mol. The molecule has 0 unspecified atom stereocenters. The lowest BCUT2D eigenvalue weighted by Gasteiger charge is -2.25. The zero-order chi connectivity index (χ0) is 17.1. The van der Waals surface area contributed by atoms with Crippen molar-refractivity contribution in [3.8, 4) is 11.6 Å². The molecule has 0 saturated heterocycles. The fourth-order valence-corrected chi connectivity index (χ4v) is 3.38. The number of aromatic nitrogens is 2. The molecule has 24 heavy (non-hydrogen) atoms. The predicted molar refractivity (Wildman–Crippen MR) is 94.7 cm³/mol. The Labute approximate surface area is 144 Å². The summed E-state index contributed by atoms with van der Waals surface area (Å²) < 4.78 is 13.2. The van der Waals surface area contributed by atoms with Crippen LogP contribution in [0.2, 0.25) is 0 Å². The van der Waals surface area contributed by atoms with E-state index in [4.69, 9.17) is 9.47 Å². The molecule has 1 aliphatic heterocycles. The first-order chi connectivity index (χ1) is 11.6. The van der Waals surface area contributed by atoms with Crippen LogP contribution in [0.3, 0.4) is 0 Å². The van der Waals surface area contributed by atoms with Gasteiger partial charge in [-0.1, -0.05) is 32.0 Å². The number of ether oxygens (including phenoxy) is 2. The lowest BCUT2D eigenvalue weighted by Crippen LogP contribution is -2.31. The molecule has 5 nitrogen and oxygen atoms in total. The molecule has 5 heteroatoms. The van der Waals surface area contributed by atoms with Crippen LogP contribution in [0.4, 0.5) is 0 Å². The molecule has 1 aromatic heterocycles. The highest BCUT2D eigenvalue weighted by Gasteiger charge is 2.21. The summed E-state index contributed by atoms with van der Waals surface area (Å²) in [6, 6.07) is 8.31. The Morgan fingerprint density at radius 3 is 2.92 bits per heavy atom. The number of benzene rings is 1. The predicted octanol–water partition coefficient (Wildman–Crippen LogP) is 2.89. The van der Waals surface area contributed by atoms with Gasteiger partial charge in [0.2, 0.25) is 5.88 Å². The van der Waals surface area contributed by atoms with Crippen LogP contribution in [-0.4, -0.2) is 30.0 Å². The molecular weight excluding hydrogens is 302 g/mol. The van der Waals surface area contributed by atoms with E-state index in [1.54, 1.807) is 7.11 Å².